The Hall–Kier alpha value is -0.860. The summed E-state index contributed by atoms with van der Waals surface area (Å²) in [6.07, 6.45) is 0. The predicted molar refractivity (Wildman–Crippen MR) is 57.0 cm³/mol. The highest BCUT2D eigenvalue weighted by atomic mass is 15.2. The zero-order valence-electron chi connectivity index (χ0n) is 8.32. The van der Waals surface area contributed by atoms with E-state index in [1.165, 1.54) is 25.2 Å². The summed E-state index contributed by atoms with van der Waals surface area (Å²) in [5.41, 5.74) is 1.44. The van der Waals surface area contributed by atoms with Crippen LogP contribution in [0.1, 0.15) is 5.56 Å². The lowest BCUT2D eigenvalue weighted by Gasteiger charge is -2.30. The van der Waals surface area contributed by atoms with E-state index in [-0.39, 0.29) is 0 Å². The number of hydrogen-bond acceptors (Lipinski definition) is 2. The molecule has 2 unspecified atom stereocenters. The van der Waals surface area contributed by atoms with Gasteiger partial charge in [-0.3, -0.25) is 4.90 Å². The molecule has 2 heteroatoms. The predicted octanol–water partition coefficient (Wildman–Crippen LogP) is 1.09. The molecule has 2 aliphatic heterocycles. The van der Waals surface area contributed by atoms with Crippen molar-refractivity contribution >= 4 is 0 Å². The van der Waals surface area contributed by atoms with E-state index in [1.54, 1.807) is 0 Å². The first kappa shape index (κ1) is 8.45. The van der Waals surface area contributed by atoms with Gasteiger partial charge in [-0.1, -0.05) is 30.3 Å². The van der Waals surface area contributed by atoms with Gasteiger partial charge in [0.2, 0.25) is 0 Å². The average molecular weight is 188 g/mol. The normalized spacial score (nSPS) is 31.1. The number of hydrogen-bond donors (Lipinski definition) is 1. The number of fused-ring (bicyclic) bond motifs is 1. The molecule has 3 rings (SSSR count). The summed E-state index contributed by atoms with van der Waals surface area (Å²) in [6.45, 7) is 4.87. The Kier molecular flexibility index (Phi) is 2.03. The molecule has 2 nitrogen and oxygen atoms in total. The number of nitrogens with zero attached hydrogens (tertiary/aromatic N) is 1. The summed E-state index contributed by atoms with van der Waals surface area (Å²) in [5.74, 6) is 0.929. The summed E-state index contributed by atoms with van der Waals surface area (Å²) in [6, 6.07) is 11.6. The molecule has 2 atom stereocenters. The maximum atomic E-state index is 3.48. The van der Waals surface area contributed by atoms with Gasteiger partial charge < -0.3 is 5.32 Å². The largest absolute Gasteiger partial charge is 0.312 e. The molecule has 1 aromatic rings. The maximum Gasteiger partial charge on any atom is 0.0247 e. The quantitative estimate of drug-likeness (QED) is 0.747. The molecular formula is C12H16N2. The first-order valence-electron chi connectivity index (χ1n) is 5.41. The zero-order valence-corrected chi connectivity index (χ0v) is 8.32. The summed E-state index contributed by atoms with van der Waals surface area (Å²) in [5, 5.41) is 3.48. The minimum absolute atomic E-state index is 0.790. The Labute approximate surface area is 84.9 Å². The summed E-state index contributed by atoms with van der Waals surface area (Å²) in [7, 11) is 0. The molecule has 0 amide bonds. The average Bonchev–Trinajstić information content (AvgIpc) is 2.46. The minimum atomic E-state index is 0.790. The molecule has 0 spiro atoms. The van der Waals surface area contributed by atoms with E-state index >= 15 is 0 Å². The Morgan fingerprint density at radius 1 is 1.21 bits per heavy atom. The molecule has 0 aromatic heterocycles. The third kappa shape index (κ3) is 1.45. The van der Waals surface area contributed by atoms with Gasteiger partial charge in [0.15, 0.2) is 0 Å². The molecule has 1 aromatic carbocycles. The van der Waals surface area contributed by atoms with Crippen LogP contribution in [0.5, 0.6) is 0 Å². The molecular weight excluding hydrogens is 172 g/mol. The van der Waals surface area contributed by atoms with Crippen molar-refractivity contribution in [1.29, 1.82) is 0 Å². The lowest BCUT2D eigenvalue weighted by molar-refractivity contribution is 0.295. The maximum absolute atomic E-state index is 3.48. The summed E-state index contributed by atoms with van der Waals surface area (Å²) in [4.78, 5) is 2.56. The first-order chi connectivity index (χ1) is 6.92. The lowest BCUT2D eigenvalue weighted by Crippen LogP contribution is -2.51. The van der Waals surface area contributed by atoms with Gasteiger partial charge in [0, 0.05) is 38.1 Å². The minimum Gasteiger partial charge on any atom is -0.312 e. The Morgan fingerprint density at radius 3 is 2.64 bits per heavy atom. The Morgan fingerprint density at radius 2 is 2.07 bits per heavy atom. The molecule has 2 fully saturated rings. The second-order valence-electron chi connectivity index (χ2n) is 4.45. The van der Waals surface area contributed by atoms with Crippen LogP contribution in [0.2, 0.25) is 0 Å². The van der Waals surface area contributed by atoms with Crippen molar-refractivity contribution in [1.82, 2.24) is 10.2 Å². The fourth-order valence-electron chi connectivity index (χ4n) is 2.51. The van der Waals surface area contributed by atoms with Gasteiger partial charge in [0.05, 0.1) is 0 Å². The van der Waals surface area contributed by atoms with E-state index in [0.29, 0.717) is 0 Å². The standard InChI is InChI=1S/C12H16N2/c1-2-4-10(5-3-1)7-14-8-11-6-13-12(11)9-14/h1-5,11-13H,6-9H2. The fourth-order valence-corrected chi connectivity index (χ4v) is 2.51. The van der Waals surface area contributed by atoms with Crippen LogP contribution in [0.3, 0.4) is 0 Å². The van der Waals surface area contributed by atoms with E-state index in [0.717, 1.165) is 18.5 Å². The Balaban J connectivity index is 1.63. The summed E-state index contributed by atoms with van der Waals surface area (Å²) >= 11 is 0. The van der Waals surface area contributed by atoms with Crippen molar-refractivity contribution in [3.8, 4) is 0 Å². The van der Waals surface area contributed by atoms with Crippen molar-refractivity contribution in [3.63, 3.8) is 0 Å². The van der Waals surface area contributed by atoms with E-state index in [4.69, 9.17) is 0 Å². The van der Waals surface area contributed by atoms with Gasteiger partial charge in [0.25, 0.3) is 0 Å². The number of nitrogens with one attached hydrogen (secondary N) is 1. The number of likely N-dealkylation sites (tertiary alicyclic amines) is 1. The molecule has 0 aliphatic carbocycles. The van der Waals surface area contributed by atoms with Gasteiger partial charge in [-0.15, -0.1) is 0 Å². The van der Waals surface area contributed by atoms with Crippen LogP contribution in [0.15, 0.2) is 30.3 Å². The van der Waals surface area contributed by atoms with Gasteiger partial charge in [-0.2, -0.15) is 0 Å². The molecule has 14 heavy (non-hydrogen) atoms. The van der Waals surface area contributed by atoms with Crippen LogP contribution < -0.4 is 5.32 Å². The molecule has 74 valence electrons. The van der Waals surface area contributed by atoms with Gasteiger partial charge in [-0.25, -0.2) is 0 Å². The molecule has 2 aliphatic rings. The van der Waals surface area contributed by atoms with E-state index < -0.39 is 0 Å². The van der Waals surface area contributed by atoms with Gasteiger partial charge >= 0.3 is 0 Å². The highest BCUT2D eigenvalue weighted by Gasteiger charge is 2.38. The number of rotatable bonds is 2. The smallest absolute Gasteiger partial charge is 0.0247 e. The fraction of sp³-hybridized carbons (Fsp3) is 0.500. The molecule has 2 heterocycles. The van der Waals surface area contributed by atoms with Crippen molar-refractivity contribution in [3.05, 3.63) is 35.9 Å². The monoisotopic (exact) mass is 188 g/mol. The van der Waals surface area contributed by atoms with Crippen molar-refractivity contribution in [2.45, 2.75) is 12.6 Å². The van der Waals surface area contributed by atoms with Crippen LogP contribution in [0.25, 0.3) is 0 Å². The molecule has 1 N–H and O–H groups in total. The number of benzene rings is 1. The van der Waals surface area contributed by atoms with Crippen LogP contribution in [-0.2, 0) is 6.54 Å². The van der Waals surface area contributed by atoms with E-state index in [1.807, 2.05) is 0 Å². The van der Waals surface area contributed by atoms with Crippen molar-refractivity contribution < 1.29 is 0 Å². The van der Waals surface area contributed by atoms with Crippen LogP contribution in [0, 0.1) is 5.92 Å². The van der Waals surface area contributed by atoms with Gasteiger partial charge in [0.1, 0.15) is 0 Å². The van der Waals surface area contributed by atoms with E-state index in [9.17, 15) is 0 Å². The van der Waals surface area contributed by atoms with E-state index in [2.05, 4.69) is 40.5 Å². The molecule has 0 bridgehead atoms. The first-order valence-corrected chi connectivity index (χ1v) is 5.41. The zero-order chi connectivity index (χ0) is 9.38. The van der Waals surface area contributed by atoms with Gasteiger partial charge in [-0.05, 0) is 5.56 Å². The van der Waals surface area contributed by atoms with Crippen LogP contribution in [0.4, 0.5) is 0 Å². The van der Waals surface area contributed by atoms with Crippen LogP contribution >= 0.6 is 0 Å². The second-order valence-corrected chi connectivity index (χ2v) is 4.45. The van der Waals surface area contributed by atoms with Crippen molar-refractivity contribution in [2.75, 3.05) is 19.6 Å². The topological polar surface area (TPSA) is 15.3 Å². The lowest BCUT2D eigenvalue weighted by atomic mass is 9.96. The highest BCUT2D eigenvalue weighted by Crippen LogP contribution is 2.24. The molecule has 0 saturated carbocycles. The molecule has 2 saturated heterocycles. The summed E-state index contributed by atoms with van der Waals surface area (Å²) < 4.78 is 0. The highest BCUT2D eigenvalue weighted by molar-refractivity contribution is 5.15. The Bertz CT molecular complexity index is 297. The molecule has 0 radical (unpaired) electrons. The third-order valence-corrected chi connectivity index (χ3v) is 3.41. The second kappa shape index (κ2) is 3.37. The van der Waals surface area contributed by atoms with Crippen molar-refractivity contribution in [2.24, 2.45) is 5.92 Å². The third-order valence-electron chi connectivity index (χ3n) is 3.41. The van der Waals surface area contributed by atoms with Crippen LogP contribution in [-0.4, -0.2) is 30.6 Å². The SMILES string of the molecule is c1ccc(CN2CC3CNC3C2)cc1.